The van der Waals surface area contributed by atoms with Crippen LogP contribution < -0.4 is 18.9 Å². The van der Waals surface area contributed by atoms with Crippen molar-refractivity contribution in [2.75, 3.05) is 41.4 Å². The molecule has 4 aliphatic heterocycles. The number of likely N-dealkylation sites (N-methyl/N-ethyl adjacent to an activating group) is 2. The maximum absolute atomic E-state index is 11.7. The summed E-state index contributed by atoms with van der Waals surface area (Å²) in [6, 6.07) is 20.1. The van der Waals surface area contributed by atoms with Crippen LogP contribution in [0.1, 0.15) is 51.0 Å². The van der Waals surface area contributed by atoms with Crippen molar-refractivity contribution in [3.63, 3.8) is 0 Å². The van der Waals surface area contributed by atoms with Gasteiger partial charge in [0.25, 0.3) is 0 Å². The largest absolute Gasteiger partial charge is 0.504 e. The van der Waals surface area contributed by atoms with Crippen LogP contribution in [0.25, 0.3) is 0 Å². The van der Waals surface area contributed by atoms with Gasteiger partial charge in [0.15, 0.2) is 34.5 Å². The molecule has 4 aromatic carbocycles. The summed E-state index contributed by atoms with van der Waals surface area (Å²) >= 11 is 0. The Hall–Kier alpha value is -4.40. The van der Waals surface area contributed by atoms with Crippen molar-refractivity contribution in [3.05, 3.63) is 99.6 Å². The van der Waals surface area contributed by atoms with E-state index in [-0.39, 0.29) is 23.6 Å². The van der Waals surface area contributed by atoms with Gasteiger partial charge in [-0.2, -0.15) is 0 Å². The number of fused-ring (bicyclic) bond motifs is 3. The average molecular weight is 609 g/mol. The van der Waals surface area contributed by atoms with Crippen molar-refractivity contribution in [2.45, 2.75) is 44.4 Å². The van der Waals surface area contributed by atoms with Crippen LogP contribution in [0, 0.1) is 0 Å². The average Bonchev–Trinajstić information content (AvgIpc) is 3.04. The topological polar surface area (TPSA) is 83.9 Å². The van der Waals surface area contributed by atoms with E-state index in [0.29, 0.717) is 41.8 Å². The Kier molecular flexibility index (Phi) is 7.71. The molecule has 4 heterocycles. The zero-order valence-corrected chi connectivity index (χ0v) is 26.3. The Balaban J connectivity index is 1.37. The Bertz CT molecular complexity index is 1740. The third-order valence-electron chi connectivity index (χ3n) is 9.72. The van der Waals surface area contributed by atoms with Crippen molar-refractivity contribution in [2.24, 2.45) is 0 Å². The first-order valence-corrected chi connectivity index (χ1v) is 15.6. The van der Waals surface area contributed by atoms with Gasteiger partial charge in [-0.05, 0) is 103 Å². The second-order valence-corrected chi connectivity index (χ2v) is 12.4. The highest BCUT2D eigenvalue weighted by Gasteiger charge is 2.32. The minimum absolute atomic E-state index is 0.0510. The molecule has 0 aliphatic carbocycles. The Morgan fingerprint density at radius 1 is 0.711 bits per heavy atom. The molecule has 2 unspecified atom stereocenters. The Morgan fingerprint density at radius 2 is 1.36 bits per heavy atom. The van der Waals surface area contributed by atoms with Gasteiger partial charge in [-0.15, -0.1) is 0 Å². The number of methoxy groups -OCH3 is 2. The summed E-state index contributed by atoms with van der Waals surface area (Å²) in [6.45, 7) is 2.07. The molecule has 0 radical (unpaired) electrons. The standard InChI is InChI=1S/C37H40N2O6/c1-38-13-11-25-18-32(42-3)33-20-27(25)28(38)15-22-5-7-23(8-6-22)21-44-37-34(43-4)19-26-12-14-39(2)29(35(26)36(37)41)16-24-9-10-30(40)31(17-24)45-33/h5-10,17-20,28-29,40-41H,11-16,21H2,1-4H3. The molecule has 234 valence electrons. The lowest BCUT2D eigenvalue weighted by Gasteiger charge is -2.36. The third-order valence-corrected chi connectivity index (χ3v) is 9.72. The Labute approximate surface area is 264 Å². The van der Waals surface area contributed by atoms with E-state index in [0.717, 1.165) is 54.6 Å². The van der Waals surface area contributed by atoms with Gasteiger partial charge in [0, 0.05) is 30.7 Å². The molecule has 0 saturated carbocycles. The molecule has 0 fully saturated rings. The van der Waals surface area contributed by atoms with E-state index >= 15 is 0 Å². The molecule has 0 saturated heterocycles. The number of hydrogen-bond acceptors (Lipinski definition) is 8. The zero-order chi connectivity index (χ0) is 31.2. The van der Waals surface area contributed by atoms with Gasteiger partial charge >= 0.3 is 0 Å². The van der Waals surface area contributed by atoms with Gasteiger partial charge in [0.2, 0.25) is 5.75 Å². The quantitative estimate of drug-likeness (QED) is 0.273. The molecule has 0 aromatic heterocycles. The smallest absolute Gasteiger partial charge is 0.204 e. The normalized spacial score (nSPS) is 19.7. The molecular weight excluding hydrogens is 568 g/mol. The van der Waals surface area contributed by atoms with Crippen molar-refractivity contribution in [3.8, 4) is 40.2 Å². The Morgan fingerprint density at radius 3 is 2.11 bits per heavy atom. The summed E-state index contributed by atoms with van der Waals surface area (Å²) in [5, 5.41) is 22.6. The van der Waals surface area contributed by atoms with E-state index in [1.807, 2.05) is 18.2 Å². The van der Waals surface area contributed by atoms with Crippen LogP contribution in [-0.2, 0) is 32.3 Å². The molecule has 0 spiro atoms. The van der Waals surface area contributed by atoms with E-state index in [9.17, 15) is 10.2 Å². The molecular formula is C37H40N2O6. The van der Waals surface area contributed by atoms with Crippen LogP contribution in [0.3, 0.4) is 0 Å². The van der Waals surface area contributed by atoms with E-state index in [1.54, 1.807) is 20.3 Å². The summed E-state index contributed by atoms with van der Waals surface area (Å²) in [4.78, 5) is 4.64. The number of phenolic OH excluding ortho intramolecular Hbond substituents is 2. The molecule has 8 nitrogen and oxygen atoms in total. The molecule has 45 heavy (non-hydrogen) atoms. The highest BCUT2D eigenvalue weighted by molar-refractivity contribution is 5.61. The van der Waals surface area contributed by atoms with E-state index < -0.39 is 0 Å². The maximum Gasteiger partial charge on any atom is 0.204 e. The molecule has 8 bridgehead atoms. The van der Waals surface area contributed by atoms with Gasteiger partial charge < -0.3 is 29.2 Å². The highest BCUT2D eigenvalue weighted by Crippen LogP contribution is 2.49. The molecule has 4 aliphatic rings. The predicted molar refractivity (Wildman–Crippen MR) is 172 cm³/mol. The first-order chi connectivity index (χ1) is 21.8. The van der Waals surface area contributed by atoms with Crippen molar-refractivity contribution >= 4 is 0 Å². The van der Waals surface area contributed by atoms with Crippen LogP contribution >= 0.6 is 0 Å². The molecule has 4 aromatic rings. The van der Waals surface area contributed by atoms with Crippen LogP contribution in [-0.4, -0.2) is 61.4 Å². The molecule has 0 amide bonds. The summed E-state index contributed by atoms with van der Waals surface area (Å²) in [5.74, 6) is 2.61. The number of hydrogen-bond donors (Lipinski definition) is 2. The van der Waals surface area contributed by atoms with E-state index in [1.165, 1.54) is 16.7 Å². The summed E-state index contributed by atoms with van der Waals surface area (Å²) in [5.41, 5.74) is 7.52. The summed E-state index contributed by atoms with van der Waals surface area (Å²) < 4.78 is 24.3. The lowest BCUT2D eigenvalue weighted by atomic mass is 9.87. The van der Waals surface area contributed by atoms with Gasteiger partial charge in [0.05, 0.1) is 14.2 Å². The zero-order valence-electron chi connectivity index (χ0n) is 26.3. The minimum atomic E-state index is -0.126. The molecule has 2 atom stereocenters. The second-order valence-electron chi connectivity index (χ2n) is 12.4. The number of benzene rings is 4. The van der Waals surface area contributed by atoms with Crippen molar-refractivity contribution < 1.29 is 29.2 Å². The summed E-state index contributed by atoms with van der Waals surface area (Å²) in [6.07, 6.45) is 3.12. The predicted octanol–water partition coefficient (Wildman–Crippen LogP) is 6.34. The fraction of sp³-hybridized carbons (Fsp3) is 0.351. The van der Waals surface area contributed by atoms with Gasteiger partial charge in [0.1, 0.15) is 6.61 Å². The number of nitrogens with zero attached hydrogens (tertiary/aromatic N) is 2. The van der Waals surface area contributed by atoms with E-state index in [2.05, 4.69) is 60.3 Å². The second kappa shape index (κ2) is 11.8. The number of phenols is 2. The highest BCUT2D eigenvalue weighted by atomic mass is 16.5. The third kappa shape index (κ3) is 5.42. The first kappa shape index (κ1) is 29.3. The van der Waals surface area contributed by atoms with Crippen LogP contribution in [0.5, 0.6) is 40.2 Å². The maximum atomic E-state index is 11.7. The molecule has 2 N–H and O–H groups in total. The van der Waals surface area contributed by atoms with Crippen LogP contribution in [0.2, 0.25) is 0 Å². The fourth-order valence-corrected chi connectivity index (χ4v) is 7.09. The minimum Gasteiger partial charge on any atom is -0.504 e. The molecule has 8 rings (SSSR count). The van der Waals surface area contributed by atoms with Crippen molar-refractivity contribution in [1.82, 2.24) is 9.80 Å². The van der Waals surface area contributed by atoms with Gasteiger partial charge in [-0.1, -0.05) is 30.3 Å². The summed E-state index contributed by atoms with van der Waals surface area (Å²) in [7, 11) is 7.49. The fourth-order valence-electron chi connectivity index (χ4n) is 7.09. The number of ether oxygens (including phenoxy) is 4. The van der Waals surface area contributed by atoms with Crippen LogP contribution in [0.4, 0.5) is 0 Å². The van der Waals surface area contributed by atoms with E-state index in [4.69, 9.17) is 18.9 Å². The monoisotopic (exact) mass is 608 g/mol. The lowest BCUT2D eigenvalue weighted by Crippen LogP contribution is -2.33. The van der Waals surface area contributed by atoms with Gasteiger partial charge in [-0.3, -0.25) is 9.80 Å². The SMILES string of the molecule is COc1cc2c3cc1Oc1cc(ccc1O)CC1c4c(cc(OC)c(c4O)OCc4ccc(cc4)CC3N(C)CC2)CCN1C. The molecule has 8 heteroatoms. The van der Waals surface area contributed by atoms with Crippen molar-refractivity contribution in [1.29, 1.82) is 0 Å². The van der Waals surface area contributed by atoms with Gasteiger partial charge in [-0.25, -0.2) is 0 Å². The van der Waals surface area contributed by atoms with Crippen LogP contribution in [0.15, 0.2) is 60.7 Å². The first-order valence-electron chi connectivity index (χ1n) is 15.6. The number of aromatic hydroxyl groups is 2. The lowest BCUT2D eigenvalue weighted by molar-refractivity contribution is 0.216. The number of rotatable bonds is 2.